The minimum absolute atomic E-state index is 0.0881. The van der Waals surface area contributed by atoms with Gasteiger partial charge in [0, 0.05) is 12.4 Å². The van der Waals surface area contributed by atoms with Gasteiger partial charge in [-0.05, 0) is 30.7 Å². The average molecular weight is 380 g/mol. The SMILES string of the molecule is COc1ccc(C)c2sc(=NC(=O)c3cc4ccccc4oc3=O)n(C)c12. The first kappa shape index (κ1) is 17.2. The number of aryl methyl sites for hydroxylation is 2. The number of rotatable bonds is 2. The molecule has 0 radical (unpaired) electrons. The molecule has 0 aliphatic rings. The molecule has 0 saturated carbocycles. The normalized spacial score (nSPS) is 12.0. The van der Waals surface area contributed by atoms with E-state index in [1.165, 1.54) is 17.4 Å². The molecule has 6 nitrogen and oxygen atoms in total. The summed E-state index contributed by atoms with van der Waals surface area (Å²) in [7, 11) is 3.42. The van der Waals surface area contributed by atoms with Crippen molar-refractivity contribution in [2.24, 2.45) is 12.0 Å². The average Bonchev–Trinajstić information content (AvgIpc) is 2.99. The van der Waals surface area contributed by atoms with Crippen LogP contribution in [0, 0.1) is 6.92 Å². The molecule has 0 N–H and O–H groups in total. The van der Waals surface area contributed by atoms with Crippen LogP contribution in [-0.2, 0) is 7.05 Å². The molecule has 2 aromatic heterocycles. The molecule has 27 heavy (non-hydrogen) atoms. The van der Waals surface area contributed by atoms with Gasteiger partial charge in [0.2, 0.25) is 0 Å². The minimum Gasteiger partial charge on any atom is -0.495 e. The van der Waals surface area contributed by atoms with Gasteiger partial charge in [-0.25, -0.2) is 4.79 Å². The summed E-state index contributed by atoms with van der Waals surface area (Å²) in [6.07, 6.45) is 0. The fourth-order valence-electron chi connectivity index (χ4n) is 2.98. The number of amides is 1. The third-order valence-corrected chi connectivity index (χ3v) is 5.66. The number of thiazole rings is 1. The minimum atomic E-state index is -0.694. The van der Waals surface area contributed by atoms with Crippen molar-refractivity contribution in [3.05, 3.63) is 68.8 Å². The number of ether oxygens (including phenoxy) is 1. The molecule has 4 aromatic rings. The van der Waals surface area contributed by atoms with E-state index in [1.54, 1.807) is 29.9 Å². The second kappa shape index (κ2) is 6.51. The van der Waals surface area contributed by atoms with Crippen LogP contribution in [0.3, 0.4) is 0 Å². The Labute approximate surface area is 158 Å². The van der Waals surface area contributed by atoms with Crippen molar-refractivity contribution in [3.8, 4) is 5.75 Å². The molecule has 2 heterocycles. The Kier molecular flexibility index (Phi) is 4.16. The van der Waals surface area contributed by atoms with Crippen molar-refractivity contribution >= 4 is 38.4 Å². The van der Waals surface area contributed by atoms with E-state index in [4.69, 9.17) is 9.15 Å². The quantitative estimate of drug-likeness (QED) is 0.500. The number of fused-ring (bicyclic) bond motifs is 2. The number of para-hydroxylation sites is 1. The van der Waals surface area contributed by atoms with Crippen LogP contribution >= 0.6 is 11.3 Å². The Balaban J connectivity index is 1.91. The Morgan fingerprint density at radius 2 is 2.00 bits per heavy atom. The van der Waals surface area contributed by atoms with E-state index in [2.05, 4.69) is 4.99 Å². The molecule has 1 amide bonds. The summed E-state index contributed by atoms with van der Waals surface area (Å²) >= 11 is 1.38. The third-order valence-electron chi connectivity index (χ3n) is 4.40. The highest BCUT2D eigenvalue weighted by atomic mass is 32.1. The van der Waals surface area contributed by atoms with Crippen molar-refractivity contribution < 1.29 is 13.9 Å². The Hall–Kier alpha value is -3.19. The molecule has 136 valence electrons. The molecule has 4 rings (SSSR count). The fourth-order valence-corrected chi connectivity index (χ4v) is 4.08. The standard InChI is InChI=1S/C20H16N2O4S/c1-11-8-9-15(25-3)16-17(11)27-20(22(16)2)21-18(23)13-10-12-6-4-5-7-14(12)26-19(13)24/h4-10H,1-3H3. The first-order valence-electron chi connectivity index (χ1n) is 8.24. The van der Waals surface area contributed by atoms with Crippen molar-refractivity contribution in [3.63, 3.8) is 0 Å². The number of carbonyl (C=O) groups is 1. The summed E-state index contributed by atoms with van der Waals surface area (Å²) in [5.74, 6) is 0.0711. The first-order chi connectivity index (χ1) is 13.0. The molecule has 0 fully saturated rings. The van der Waals surface area contributed by atoms with E-state index in [9.17, 15) is 9.59 Å². The van der Waals surface area contributed by atoms with E-state index in [0.29, 0.717) is 21.5 Å². The summed E-state index contributed by atoms with van der Waals surface area (Å²) in [6.45, 7) is 1.99. The highest BCUT2D eigenvalue weighted by molar-refractivity contribution is 7.16. The van der Waals surface area contributed by atoms with Crippen molar-refractivity contribution in [1.82, 2.24) is 4.57 Å². The van der Waals surface area contributed by atoms with E-state index in [-0.39, 0.29) is 5.56 Å². The highest BCUT2D eigenvalue weighted by Crippen LogP contribution is 2.29. The molecule has 7 heteroatoms. The monoisotopic (exact) mass is 380 g/mol. The topological polar surface area (TPSA) is 73.8 Å². The van der Waals surface area contributed by atoms with Gasteiger partial charge in [0.05, 0.1) is 11.8 Å². The van der Waals surface area contributed by atoms with Crippen LogP contribution in [0.15, 0.2) is 56.7 Å². The molecule has 0 spiro atoms. The van der Waals surface area contributed by atoms with Crippen LogP contribution in [0.5, 0.6) is 5.75 Å². The lowest BCUT2D eigenvalue weighted by molar-refractivity contribution is 0.0994. The largest absolute Gasteiger partial charge is 0.495 e. The fraction of sp³-hybridized carbons (Fsp3) is 0.150. The van der Waals surface area contributed by atoms with Gasteiger partial charge in [-0.15, -0.1) is 0 Å². The molecule has 0 bridgehead atoms. The molecule has 2 aromatic carbocycles. The van der Waals surface area contributed by atoms with Gasteiger partial charge in [-0.3, -0.25) is 4.79 Å². The third kappa shape index (κ3) is 2.86. The summed E-state index contributed by atoms with van der Waals surface area (Å²) < 4.78 is 13.4. The van der Waals surface area contributed by atoms with Crippen LogP contribution < -0.4 is 15.2 Å². The van der Waals surface area contributed by atoms with E-state index in [0.717, 1.165) is 15.8 Å². The van der Waals surface area contributed by atoms with Gasteiger partial charge in [-0.2, -0.15) is 4.99 Å². The van der Waals surface area contributed by atoms with Crippen molar-refractivity contribution in [2.45, 2.75) is 6.92 Å². The van der Waals surface area contributed by atoms with Crippen molar-refractivity contribution in [2.75, 3.05) is 7.11 Å². The number of benzene rings is 2. The Morgan fingerprint density at radius 1 is 1.22 bits per heavy atom. The number of hydrogen-bond acceptors (Lipinski definition) is 5. The predicted octanol–water partition coefficient (Wildman–Crippen LogP) is 3.40. The number of carbonyl (C=O) groups excluding carboxylic acids is 1. The van der Waals surface area contributed by atoms with E-state index in [1.807, 2.05) is 32.2 Å². The van der Waals surface area contributed by atoms with Gasteiger partial charge >= 0.3 is 5.63 Å². The van der Waals surface area contributed by atoms with Crippen molar-refractivity contribution in [1.29, 1.82) is 0 Å². The lowest BCUT2D eigenvalue weighted by Gasteiger charge is -2.05. The summed E-state index contributed by atoms with van der Waals surface area (Å²) in [4.78, 5) is 29.5. The van der Waals surface area contributed by atoms with Crippen LogP contribution in [0.25, 0.3) is 21.2 Å². The molecular weight excluding hydrogens is 364 g/mol. The van der Waals surface area contributed by atoms with Gasteiger partial charge in [-0.1, -0.05) is 35.6 Å². The maximum Gasteiger partial charge on any atom is 0.349 e. The van der Waals surface area contributed by atoms with Crippen LogP contribution in [0.4, 0.5) is 0 Å². The molecule has 0 aliphatic heterocycles. The molecule has 0 saturated heterocycles. The smallest absolute Gasteiger partial charge is 0.349 e. The second-order valence-corrected chi connectivity index (χ2v) is 7.09. The Morgan fingerprint density at radius 3 is 2.78 bits per heavy atom. The van der Waals surface area contributed by atoms with Gasteiger partial charge in [0.25, 0.3) is 5.91 Å². The molecular formula is C20H16N2O4S. The Bertz CT molecular complexity index is 1330. The zero-order chi connectivity index (χ0) is 19.1. The predicted molar refractivity (Wildman–Crippen MR) is 104 cm³/mol. The molecule has 0 atom stereocenters. The van der Waals surface area contributed by atoms with Gasteiger partial charge in [0.15, 0.2) is 4.80 Å². The number of nitrogens with zero attached hydrogens (tertiary/aromatic N) is 2. The second-order valence-electron chi connectivity index (χ2n) is 6.11. The highest BCUT2D eigenvalue weighted by Gasteiger charge is 2.15. The number of methoxy groups -OCH3 is 1. The maximum atomic E-state index is 12.7. The zero-order valence-electron chi connectivity index (χ0n) is 15.0. The number of aromatic nitrogens is 1. The summed E-state index contributed by atoms with van der Waals surface area (Å²) in [5.41, 5.74) is 1.58. The summed E-state index contributed by atoms with van der Waals surface area (Å²) in [5, 5.41) is 0.675. The molecule has 0 unspecified atom stereocenters. The zero-order valence-corrected chi connectivity index (χ0v) is 15.8. The van der Waals surface area contributed by atoms with Crippen LogP contribution in [-0.4, -0.2) is 17.6 Å². The van der Waals surface area contributed by atoms with E-state index >= 15 is 0 Å². The first-order valence-corrected chi connectivity index (χ1v) is 9.06. The lowest BCUT2D eigenvalue weighted by atomic mass is 10.2. The van der Waals surface area contributed by atoms with Gasteiger partial charge < -0.3 is 13.7 Å². The summed E-state index contributed by atoms with van der Waals surface area (Å²) in [6, 6.07) is 12.4. The maximum absolute atomic E-state index is 12.7. The van der Waals surface area contributed by atoms with Gasteiger partial charge in [0.1, 0.15) is 22.4 Å². The number of hydrogen-bond donors (Lipinski definition) is 0. The lowest BCUT2D eigenvalue weighted by Crippen LogP contribution is -2.18. The van der Waals surface area contributed by atoms with Crippen LogP contribution in [0.1, 0.15) is 15.9 Å². The van der Waals surface area contributed by atoms with E-state index < -0.39 is 11.5 Å². The molecule has 0 aliphatic carbocycles. The van der Waals surface area contributed by atoms with Crippen LogP contribution in [0.2, 0.25) is 0 Å².